The molecule has 0 amide bonds. The van der Waals surface area contributed by atoms with E-state index >= 15 is 0 Å². The van der Waals surface area contributed by atoms with Gasteiger partial charge in [-0.05, 0) is 99.7 Å². The summed E-state index contributed by atoms with van der Waals surface area (Å²) in [5.74, 6) is -0.278. The number of hydrogen-bond donors (Lipinski definition) is 2. The molecule has 36 heavy (non-hydrogen) atoms. The molecule has 4 aliphatic carbocycles. The molecule has 7 atom stereocenters. The van der Waals surface area contributed by atoms with Crippen LogP contribution < -0.4 is 0 Å². The van der Waals surface area contributed by atoms with Crippen LogP contribution in [0.1, 0.15) is 130 Å². The molecule has 6 heteroatoms. The van der Waals surface area contributed by atoms with Gasteiger partial charge in [0.1, 0.15) is 5.60 Å². The predicted molar refractivity (Wildman–Crippen MR) is 137 cm³/mol. The third-order valence-corrected chi connectivity index (χ3v) is 11.4. The molecule has 0 aromatic rings. The van der Waals surface area contributed by atoms with Crippen LogP contribution in [-0.2, 0) is 19.1 Å². The lowest BCUT2D eigenvalue weighted by Gasteiger charge is -2.63. The summed E-state index contributed by atoms with van der Waals surface area (Å²) in [6.45, 7) is 6.67. The van der Waals surface area contributed by atoms with Gasteiger partial charge in [-0.15, -0.1) is 0 Å². The first-order valence-electron chi connectivity index (χ1n) is 14.6. The number of carboxylic acids is 2. The van der Waals surface area contributed by atoms with Gasteiger partial charge in [-0.25, -0.2) is 0 Å². The standard InChI is InChI=1S/C30H48O6/c1-21-19-29-17-13-22-27(2,15-10-16-28(22,3)26(34)35)23(29)14-18-30(21,20-29)36-25(33)12-9-7-5-4-6-8-11-24(31)32/h21-23H,4-20H2,1-3H3,(H,31,32)(H,34,35)/t21-,22-,23-,27+,28+,29+,30-/m1/s1. The number of carbonyl (C=O) groups excluding carboxylic acids is 1. The van der Waals surface area contributed by atoms with Gasteiger partial charge in [-0.1, -0.05) is 46.0 Å². The molecule has 0 unspecified atom stereocenters. The number of ether oxygens (including phenoxy) is 1. The molecule has 0 saturated heterocycles. The van der Waals surface area contributed by atoms with Crippen LogP contribution in [-0.4, -0.2) is 33.7 Å². The lowest BCUT2D eigenvalue weighted by Crippen LogP contribution is -2.59. The van der Waals surface area contributed by atoms with E-state index in [9.17, 15) is 19.5 Å². The van der Waals surface area contributed by atoms with Crippen molar-refractivity contribution in [3.05, 3.63) is 0 Å². The average Bonchev–Trinajstić information content (AvgIpc) is 2.99. The van der Waals surface area contributed by atoms with Crippen molar-refractivity contribution < 1.29 is 29.3 Å². The van der Waals surface area contributed by atoms with Crippen LogP contribution >= 0.6 is 0 Å². The van der Waals surface area contributed by atoms with Crippen LogP contribution in [0, 0.1) is 34.0 Å². The normalized spacial score (nSPS) is 41.2. The zero-order valence-corrected chi connectivity index (χ0v) is 22.8. The van der Waals surface area contributed by atoms with Crippen LogP contribution in [0.5, 0.6) is 0 Å². The first kappa shape index (κ1) is 27.4. The SMILES string of the molecule is C[C@@H]1C[C@]23CC[C@@H]4[C@](C)(CCC[C@]4(C)C(=O)O)[C@H]2CC[C@@]1(OC(=O)CCCCCCCCC(=O)O)C3. The van der Waals surface area contributed by atoms with E-state index in [4.69, 9.17) is 9.84 Å². The fourth-order valence-electron chi connectivity index (χ4n) is 9.71. The van der Waals surface area contributed by atoms with Gasteiger partial charge in [-0.3, -0.25) is 14.4 Å². The highest BCUT2D eigenvalue weighted by atomic mass is 16.6. The quantitative estimate of drug-likeness (QED) is 0.232. The number of carbonyl (C=O) groups is 3. The Morgan fingerprint density at radius 2 is 1.47 bits per heavy atom. The van der Waals surface area contributed by atoms with Gasteiger partial charge in [-0.2, -0.15) is 0 Å². The minimum absolute atomic E-state index is 0.0563. The van der Waals surface area contributed by atoms with E-state index in [0.29, 0.717) is 18.3 Å². The molecule has 1 spiro atoms. The summed E-state index contributed by atoms with van der Waals surface area (Å²) in [5.41, 5.74) is -0.696. The highest BCUT2D eigenvalue weighted by Gasteiger charge is 2.69. The lowest BCUT2D eigenvalue weighted by atomic mass is 9.41. The Morgan fingerprint density at radius 1 is 0.833 bits per heavy atom. The zero-order chi connectivity index (χ0) is 26.2. The molecular formula is C30H48O6. The molecule has 204 valence electrons. The van der Waals surface area contributed by atoms with Crippen LogP contribution in [0.15, 0.2) is 0 Å². The van der Waals surface area contributed by atoms with Crippen LogP contribution in [0.4, 0.5) is 0 Å². The molecule has 2 bridgehead atoms. The van der Waals surface area contributed by atoms with Gasteiger partial charge in [0.05, 0.1) is 5.41 Å². The van der Waals surface area contributed by atoms with Gasteiger partial charge in [0.25, 0.3) is 0 Å². The molecule has 0 aromatic carbocycles. The van der Waals surface area contributed by atoms with Crippen LogP contribution in [0.2, 0.25) is 0 Å². The molecule has 4 rings (SSSR count). The maximum Gasteiger partial charge on any atom is 0.309 e. The van der Waals surface area contributed by atoms with Crippen molar-refractivity contribution in [2.45, 2.75) is 136 Å². The third-order valence-electron chi connectivity index (χ3n) is 11.4. The number of esters is 1. The smallest absolute Gasteiger partial charge is 0.309 e. The maximum atomic E-state index is 12.9. The number of unbranched alkanes of at least 4 members (excludes halogenated alkanes) is 5. The first-order valence-corrected chi connectivity index (χ1v) is 14.6. The highest BCUT2D eigenvalue weighted by molar-refractivity contribution is 5.75. The summed E-state index contributed by atoms with van der Waals surface area (Å²) < 4.78 is 6.35. The number of carboxylic acid groups (broad SMARTS) is 2. The average molecular weight is 505 g/mol. The van der Waals surface area contributed by atoms with E-state index in [1.165, 1.54) is 0 Å². The summed E-state index contributed by atoms with van der Waals surface area (Å²) in [4.78, 5) is 35.8. The molecule has 6 nitrogen and oxygen atoms in total. The molecule has 0 heterocycles. The Balaban J connectivity index is 1.33. The molecule has 4 aliphatic rings. The van der Waals surface area contributed by atoms with E-state index in [1.54, 1.807) is 0 Å². The van der Waals surface area contributed by atoms with Crippen molar-refractivity contribution in [1.82, 2.24) is 0 Å². The van der Waals surface area contributed by atoms with Gasteiger partial charge in [0.15, 0.2) is 0 Å². The van der Waals surface area contributed by atoms with Crippen molar-refractivity contribution in [3.8, 4) is 0 Å². The minimum Gasteiger partial charge on any atom is -0.481 e. The summed E-state index contributed by atoms with van der Waals surface area (Å²) in [5, 5.41) is 18.9. The third kappa shape index (κ3) is 4.82. The van der Waals surface area contributed by atoms with Gasteiger partial charge >= 0.3 is 17.9 Å². The zero-order valence-electron chi connectivity index (χ0n) is 22.8. The number of fused-ring (bicyclic) bond motifs is 3. The van der Waals surface area contributed by atoms with E-state index in [1.807, 2.05) is 6.92 Å². The Kier molecular flexibility index (Phi) is 7.84. The maximum absolute atomic E-state index is 12.9. The second kappa shape index (κ2) is 10.3. The topological polar surface area (TPSA) is 101 Å². The van der Waals surface area contributed by atoms with Crippen LogP contribution in [0.25, 0.3) is 0 Å². The monoisotopic (exact) mass is 504 g/mol. The fourth-order valence-corrected chi connectivity index (χ4v) is 9.71. The summed E-state index contributed by atoms with van der Waals surface area (Å²) in [6, 6.07) is 0. The molecule has 0 radical (unpaired) electrons. The van der Waals surface area contributed by atoms with Gasteiger partial charge < -0.3 is 14.9 Å². The van der Waals surface area contributed by atoms with Crippen molar-refractivity contribution in [2.75, 3.05) is 0 Å². The second-order valence-corrected chi connectivity index (χ2v) is 13.5. The lowest BCUT2D eigenvalue weighted by molar-refractivity contribution is -0.194. The molecule has 2 N–H and O–H groups in total. The molecule has 4 saturated carbocycles. The predicted octanol–water partition coefficient (Wildman–Crippen LogP) is 6.99. The first-order chi connectivity index (χ1) is 17.0. The Morgan fingerprint density at radius 3 is 2.14 bits per heavy atom. The molecule has 0 aromatic heterocycles. The Labute approximate surface area is 216 Å². The van der Waals surface area contributed by atoms with Gasteiger partial charge in [0.2, 0.25) is 0 Å². The number of rotatable bonds is 11. The van der Waals surface area contributed by atoms with E-state index < -0.39 is 17.4 Å². The largest absolute Gasteiger partial charge is 0.481 e. The molecule has 4 fully saturated rings. The summed E-state index contributed by atoms with van der Waals surface area (Å²) >= 11 is 0. The fraction of sp³-hybridized carbons (Fsp3) is 0.900. The summed E-state index contributed by atoms with van der Waals surface area (Å²) in [7, 11) is 0. The Hall–Kier alpha value is -1.59. The van der Waals surface area contributed by atoms with Gasteiger partial charge in [0, 0.05) is 12.8 Å². The van der Waals surface area contributed by atoms with Crippen molar-refractivity contribution in [2.24, 2.45) is 34.0 Å². The van der Waals surface area contributed by atoms with Crippen LogP contribution in [0.3, 0.4) is 0 Å². The molecular weight excluding hydrogens is 456 g/mol. The number of aliphatic carboxylic acids is 2. The van der Waals surface area contributed by atoms with E-state index in [2.05, 4.69) is 13.8 Å². The van der Waals surface area contributed by atoms with Crippen molar-refractivity contribution in [1.29, 1.82) is 0 Å². The van der Waals surface area contributed by atoms with Crippen molar-refractivity contribution >= 4 is 17.9 Å². The highest BCUT2D eigenvalue weighted by Crippen LogP contribution is 2.73. The van der Waals surface area contributed by atoms with E-state index in [-0.39, 0.29) is 34.7 Å². The molecule has 0 aliphatic heterocycles. The number of hydrogen-bond acceptors (Lipinski definition) is 4. The summed E-state index contributed by atoms with van der Waals surface area (Å²) in [6.07, 6.45) is 15.3. The van der Waals surface area contributed by atoms with E-state index in [0.717, 1.165) is 96.3 Å². The van der Waals surface area contributed by atoms with Crippen molar-refractivity contribution in [3.63, 3.8) is 0 Å². The second-order valence-electron chi connectivity index (χ2n) is 13.5. The Bertz CT molecular complexity index is 854. The minimum atomic E-state index is -0.728.